The zero-order valence-electron chi connectivity index (χ0n) is 13.3. The fourth-order valence-electron chi connectivity index (χ4n) is 2.66. The maximum atomic E-state index is 6.57. The lowest BCUT2D eigenvalue weighted by Gasteiger charge is -2.24. The molecule has 21 heavy (non-hydrogen) atoms. The first-order valence-corrected chi connectivity index (χ1v) is 7.98. The van der Waals surface area contributed by atoms with Crippen LogP contribution in [0, 0.1) is 20.8 Å². The van der Waals surface area contributed by atoms with Crippen LogP contribution < -0.4 is 5.32 Å². The molecule has 0 saturated carbocycles. The molecule has 0 bridgehead atoms. The molecule has 0 aromatic heterocycles. The van der Waals surface area contributed by atoms with E-state index >= 15 is 0 Å². The summed E-state index contributed by atoms with van der Waals surface area (Å²) in [7, 11) is 0. The molecule has 0 radical (unpaired) electrons. The van der Waals surface area contributed by atoms with E-state index in [9.17, 15) is 0 Å². The lowest BCUT2D eigenvalue weighted by atomic mass is 9.92. The van der Waals surface area contributed by atoms with Gasteiger partial charge in [-0.1, -0.05) is 54.9 Å². The van der Waals surface area contributed by atoms with Crippen LogP contribution in [0.5, 0.6) is 0 Å². The second-order valence-electron chi connectivity index (χ2n) is 5.65. The summed E-state index contributed by atoms with van der Waals surface area (Å²) >= 11 is 6.57. The summed E-state index contributed by atoms with van der Waals surface area (Å²) in [6.45, 7) is 9.57. The fraction of sp³-hybridized carbons (Fsp3) is 0.368. The molecule has 0 aliphatic rings. The van der Waals surface area contributed by atoms with Gasteiger partial charge in [0.2, 0.25) is 0 Å². The minimum atomic E-state index is 0.150. The Labute approximate surface area is 133 Å². The van der Waals surface area contributed by atoms with Gasteiger partial charge < -0.3 is 5.32 Å². The van der Waals surface area contributed by atoms with Crippen LogP contribution in [0.2, 0.25) is 5.02 Å². The van der Waals surface area contributed by atoms with Crippen molar-refractivity contribution in [2.24, 2.45) is 0 Å². The van der Waals surface area contributed by atoms with Crippen LogP contribution in [0.1, 0.15) is 47.2 Å². The molecule has 2 aromatic carbocycles. The van der Waals surface area contributed by atoms with Crippen LogP contribution in [-0.4, -0.2) is 6.54 Å². The van der Waals surface area contributed by atoms with E-state index in [0.717, 1.165) is 23.6 Å². The van der Waals surface area contributed by atoms with Gasteiger partial charge in [-0.15, -0.1) is 0 Å². The third-order valence-electron chi connectivity index (χ3n) is 4.09. The normalized spacial score (nSPS) is 12.4. The quantitative estimate of drug-likeness (QED) is 0.784. The minimum Gasteiger partial charge on any atom is -0.306 e. The third kappa shape index (κ3) is 3.48. The number of nitrogens with one attached hydrogen (secondary N) is 1. The maximum Gasteiger partial charge on any atom is 0.0594 e. The highest BCUT2D eigenvalue weighted by atomic mass is 35.5. The topological polar surface area (TPSA) is 12.0 Å². The first-order valence-electron chi connectivity index (χ1n) is 7.60. The van der Waals surface area contributed by atoms with Crippen molar-refractivity contribution in [1.29, 1.82) is 0 Å². The Bertz CT molecular complexity index is 567. The SMILES string of the molecule is CCCNC(c1cccc(C)c1C)c1cccc(C)c1Cl. The molecule has 1 nitrogen and oxygen atoms in total. The van der Waals surface area contributed by atoms with Crippen LogP contribution in [-0.2, 0) is 0 Å². The molecule has 0 saturated heterocycles. The average Bonchev–Trinajstić information content (AvgIpc) is 2.47. The third-order valence-corrected chi connectivity index (χ3v) is 4.60. The van der Waals surface area contributed by atoms with Crippen LogP contribution in [0.3, 0.4) is 0 Å². The summed E-state index contributed by atoms with van der Waals surface area (Å²) in [6.07, 6.45) is 1.10. The molecule has 0 aliphatic heterocycles. The first kappa shape index (κ1) is 16.1. The standard InChI is InChI=1S/C19H24ClN/c1-5-12-21-19(16-10-6-8-13(2)15(16)4)17-11-7-9-14(3)18(17)20/h6-11,19,21H,5,12H2,1-4H3. The predicted octanol–water partition coefficient (Wildman–Crippen LogP) is 5.35. The highest BCUT2D eigenvalue weighted by Crippen LogP contribution is 2.32. The van der Waals surface area contributed by atoms with Crippen LogP contribution in [0.15, 0.2) is 36.4 Å². The molecule has 0 amide bonds. The van der Waals surface area contributed by atoms with E-state index in [0.29, 0.717) is 0 Å². The van der Waals surface area contributed by atoms with Gasteiger partial charge in [0.15, 0.2) is 0 Å². The van der Waals surface area contributed by atoms with E-state index in [4.69, 9.17) is 11.6 Å². The Morgan fingerprint density at radius 3 is 2.24 bits per heavy atom. The Hall–Kier alpha value is -1.31. The summed E-state index contributed by atoms with van der Waals surface area (Å²) < 4.78 is 0. The zero-order valence-corrected chi connectivity index (χ0v) is 14.1. The van der Waals surface area contributed by atoms with E-state index in [1.807, 2.05) is 0 Å². The van der Waals surface area contributed by atoms with Gasteiger partial charge in [0.25, 0.3) is 0 Å². The summed E-state index contributed by atoms with van der Waals surface area (Å²) in [4.78, 5) is 0. The largest absolute Gasteiger partial charge is 0.306 e. The van der Waals surface area contributed by atoms with Gasteiger partial charge >= 0.3 is 0 Å². The summed E-state index contributed by atoms with van der Waals surface area (Å²) in [5.74, 6) is 0. The van der Waals surface area contributed by atoms with Crippen molar-refractivity contribution >= 4 is 11.6 Å². The molecule has 1 unspecified atom stereocenters. The molecule has 2 aromatic rings. The molecule has 0 spiro atoms. The molecule has 112 valence electrons. The van der Waals surface area contributed by atoms with Gasteiger partial charge in [-0.3, -0.25) is 0 Å². The second-order valence-corrected chi connectivity index (χ2v) is 6.03. The van der Waals surface area contributed by atoms with E-state index in [-0.39, 0.29) is 6.04 Å². The molecule has 0 aliphatic carbocycles. The number of halogens is 1. The van der Waals surface area contributed by atoms with Gasteiger partial charge in [-0.25, -0.2) is 0 Å². The molecule has 2 heteroatoms. The highest BCUT2D eigenvalue weighted by Gasteiger charge is 2.19. The van der Waals surface area contributed by atoms with Crippen LogP contribution in [0.4, 0.5) is 0 Å². The number of hydrogen-bond donors (Lipinski definition) is 1. The van der Waals surface area contributed by atoms with Crippen molar-refractivity contribution < 1.29 is 0 Å². The number of rotatable bonds is 5. The van der Waals surface area contributed by atoms with Crippen molar-refractivity contribution in [1.82, 2.24) is 5.32 Å². The van der Waals surface area contributed by atoms with Gasteiger partial charge in [-0.05, 0) is 61.6 Å². The van der Waals surface area contributed by atoms with Gasteiger partial charge in [0.1, 0.15) is 0 Å². The molecule has 2 rings (SSSR count). The highest BCUT2D eigenvalue weighted by molar-refractivity contribution is 6.32. The minimum absolute atomic E-state index is 0.150. The Morgan fingerprint density at radius 2 is 1.57 bits per heavy atom. The summed E-state index contributed by atoms with van der Waals surface area (Å²) in [6, 6.07) is 12.9. The first-order chi connectivity index (χ1) is 10.1. The Balaban J connectivity index is 2.52. The zero-order chi connectivity index (χ0) is 15.4. The monoisotopic (exact) mass is 301 g/mol. The van der Waals surface area contributed by atoms with Gasteiger partial charge in [0, 0.05) is 5.02 Å². The van der Waals surface area contributed by atoms with Crippen molar-refractivity contribution in [3.05, 3.63) is 69.2 Å². The molecule has 1 atom stereocenters. The molecular formula is C19H24ClN. The average molecular weight is 302 g/mol. The van der Waals surface area contributed by atoms with E-state index < -0.39 is 0 Å². The summed E-state index contributed by atoms with van der Waals surface area (Å²) in [5, 5.41) is 4.52. The predicted molar refractivity (Wildman–Crippen MR) is 92.2 cm³/mol. The molecule has 1 N–H and O–H groups in total. The lowest BCUT2D eigenvalue weighted by Crippen LogP contribution is -2.24. The maximum absolute atomic E-state index is 6.57. The summed E-state index contributed by atoms with van der Waals surface area (Å²) in [5.41, 5.74) is 6.26. The van der Waals surface area contributed by atoms with Gasteiger partial charge in [0.05, 0.1) is 6.04 Å². The Kier molecular flexibility index (Phi) is 5.44. The number of hydrogen-bond acceptors (Lipinski definition) is 1. The van der Waals surface area contributed by atoms with Crippen molar-refractivity contribution in [2.45, 2.75) is 40.2 Å². The number of aryl methyl sites for hydroxylation is 2. The number of benzene rings is 2. The van der Waals surface area contributed by atoms with Crippen LogP contribution in [0.25, 0.3) is 0 Å². The fourth-order valence-corrected chi connectivity index (χ4v) is 2.89. The lowest BCUT2D eigenvalue weighted by molar-refractivity contribution is 0.596. The van der Waals surface area contributed by atoms with E-state index in [1.54, 1.807) is 0 Å². The van der Waals surface area contributed by atoms with E-state index in [2.05, 4.69) is 69.4 Å². The molecule has 0 heterocycles. The van der Waals surface area contributed by atoms with Crippen molar-refractivity contribution in [2.75, 3.05) is 6.54 Å². The van der Waals surface area contributed by atoms with Crippen molar-refractivity contribution in [3.8, 4) is 0 Å². The smallest absolute Gasteiger partial charge is 0.0594 e. The van der Waals surface area contributed by atoms with Crippen molar-refractivity contribution in [3.63, 3.8) is 0 Å². The van der Waals surface area contributed by atoms with E-state index in [1.165, 1.54) is 22.3 Å². The second kappa shape index (κ2) is 7.11. The molecule has 0 fully saturated rings. The van der Waals surface area contributed by atoms with Gasteiger partial charge in [-0.2, -0.15) is 0 Å². The van der Waals surface area contributed by atoms with Crippen LogP contribution >= 0.6 is 11.6 Å². The molecular weight excluding hydrogens is 278 g/mol. The Morgan fingerprint density at radius 1 is 0.952 bits per heavy atom.